The van der Waals surface area contributed by atoms with Gasteiger partial charge in [0.1, 0.15) is 11.5 Å². The zero-order chi connectivity index (χ0) is 22.6. The fourth-order valence-electron chi connectivity index (χ4n) is 3.99. The van der Waals surface area contributed by atoms with Gasteiger partial charge in [0.15, 0.2) is 6.23 Å². The number of carbonyl (C=O) groups excluding carboxylic acids is 1. The lowest BCUT2D eigenvalue weighted by Crippen LogP contribution is -2.38. The van der Waals surface area contributed by atoms with Gasteiger partial charge in [0.25, 0.3) is 5.24 Å². The summed E-state index contributed by atoms with van der Waals surface area (Å²) in [6.45, 7) is 3.47. The highest BCUT2D eigenvalue weighted by molar-refractivity contribution is 8.17. The lowest BCUT2D eigenvalue weighted by Gasteiger charge is -2.32. The van der Waals surface area contributed by atoms with E-state index in [9.17, 15) is 9.90 Å². The molecule has 33 heavy (non-hydrogen) atoms. The first-order chi connectivity index (χ1) is 16.1. The summed E-state index contributed by atoms with van der Waals surface area (Å²) in [6, 6.07) is 7.92. The van der Waals surface area contributed by atoms with Gasteiger partial charge in [0, 0.05) is 35.1 Å². The van der Waals surface area contributed by atoms with Crippen molar-refractivity contribution in [1.29, 1.82) is 0 Å². The van der Waals surface area contributed by atoms with E-state index < -0.39 is 6.23 Å². The Morgan fingerprint density at radius 3 is 2.91 bits per heavy atom. The second kappa shape index (κ2) is 10.1. The standard InChI is InChI=1S/C23H25N5O3S2/c29-21-20(33-23(30)27-21)11-17-3-7-25-22(26-17)28-8-4-15(5-9-28)12-24-13-18-1-2-19(31-18)16-6-10-32-14-16/h1-3,6-7,10-11,14-15,21,24,29H,4-5,8-9,12-13H2,(H,27,30)/b20-11-. The molecule has 0 radical (unpaired) electrons. The molecule has 0 aliphatic carbocycles. The Kier molecular flexibility index (Phi) is 6.77. The molecule has 5 heterocycles. The van der Waals surface area contributed by atoms with Crippen LogP contribution in [0.3, 0.4) is 0 Å². The molecule has 0 saturated carbocycles. The van der Waals surface area contributed by atoms with Crippen molar-refractivity contribution in [3.63, 3.8) is 0 Å². The molecule has 3 aromatic heterocycles. The first-order valence-corrected chi connectivity index (χ1v) is 12.7. The minimum atomic E-state index is -0.965. The first kappa shape index (κ1) is 22.1. The number of hydrogen-bond acceptors (Lipinski definition) is 9. The predicted octanol–water partition coefficient (Wildman–Crippen LogP) is 3.92. The van der Waals surface area contributed by atoms with Crippen molar-refractivity contribution in [3.05, 3.63) is 57.6 Å². The molecule has 1 atom stereocenters. The highest BCUT2D eigenvalue weighted by Gasteiger charge is 2.26. The summed E-state index contributed by atoms with van der Waals surface area (Å²) in [4.78, 5) is 23.2. The molecular formula is C23H25N5O3S2. The Morgan fingerprint density at radius 1 is 1.27 bits per heavy atom. The van der Waals surface area contributed by atoms with Crippen molar-refractivity contribution in [2.45, 2.75) is 25.6 Å². The first-order valence-electron chi connectivity index (χ1n) is 10.9. The number of thioether (sulfide) groups is 1. The van der Waals surface area contributed by atoms with Crippen LogP contribution >= 0.6 is 23.1 Å². The number of hydrogen-bond donors (Lipinski definition) is 3. The van der Waals surface area contributed by atoms with Crippen LogP contribution in [-0.4, -0.2) is 46.2 Å². The SMILES string of the molecule is O=C1NC(O)/C(=C/c2ccnc(N3CCC(CNCc4ccc(-c5ccsc5)o4)CC3)n2)S1. The molecule has 172 valence electrons. The van der Waals surface area contributed by atoms with Crippen LogP contribution in [0.15, 0.2) is 50.5 Å². The largest absolute Gasteiger partial charge is 0.460 e. The van der Waals surface area contributed by atoms with Crippen molar-refractivity contribution >= 4 is 40.4 Å². The van der Waals surface area contributed by atoms with Gasteiger partial charge in [0.2, 0.25) is 5.95 Å². The molecule has 10 heteroatoms. The van der Waals surface area contributed by atoms with Gasteiger partial charge >= 0.3 is 0 Å². The molecule has 3 N–H and O–H groups in total. The number of aromatic nitrogens is 2. The number of amides is 1. The van der Waals surface area contributed by atoms with E-state index in [0.29, 0.717) is 22.5 Å². The average molecular weight is 484 g/mol. The van der Waals surface area contributed by atoms with E-state index >= 15 is 0 Å². The zero-order valence-corrected chi connectivity index (χ0v) is 19.6. The maximum atomic E-state index is 11.4. The Labute approximate surface area is 200 Å². The number of anilines is 1. The number of piperidine rings is 1. The van der Waals surface area contributed by atoms with Crippen LogP contribution in [0.1, 0.15) is 24.3 Å². The van der Waals surface area contributed by atoms with Crippen molar-refractivity contribution in [2.75, 3.05) is 24.5 Å². The van der Waals surface area contributed by atoms with E-state index in [1.807, 2.05) is 12.1 Å². The summed E-state index contributed by atoms with van der Waals surface area (Å²) in [5, 5.41) is 19.7. The van der Waals surface area contributed by atoms with Crippen molar-refractivity contribution in [2.24, 2.45) is 5.92 Å². The van der Waals surface area contributed by atoms with Gasteiger partial charge in [-0.05, 0) is 72.8 Å². The molecule has 2 aliphatic rings. The summed E-state index contributed by atoms with van der Waals surface area (Å²) in [7, 11) is 0. The monoisotopic (exact) mass is 483 g/mol. The van der Waals surface area contributed by atoms with E-state index in [1.165, 1.54) is 0 Å². The van der Waals surface area contributed by atoms with Crippen molar-refractivity contribution in [1.82, 2.24) is 20.6 Å². The fraction of sp³-hybridized carbons (Fsp3) is 0.348. The second-order valence-corrected chi connectivity index (χ2v) is 9.93. The molecule has 0 bridgehead atoms. The molecule has 5 rings (SSSR count). The van der Waals surface area contributed by atoms with E-state index in [-0.39, 0.29) is 5.24 Å². The molecule has 0 aromatic carbocycles. The van der Waals surface area contributed by atoms with E-state index in [1.54, 1.807) is 29.7 Å². The number of nitrogens with one attached hydrogen (secondary N) is 2. The maximum absolute atomic E-state index is 11.4. The van der Waals surface area contributed by atoms with Crippen LogP contribution < -0.4 is 15.5 Å². The molecule has 3 aromatic rings. The van der Waals surface area contributed by atoms with Gasteiger partial charge in [-0.15, -0.1) is 0 Å². The molecule has 1 amide bonds. The third-order valence-corrected chi connectivity index (χ3v) is 7.35. The number of nitrogens with zero attached hydrogens (tertiary/aromatic N) is 3. The third-order valence-electron chi connectivity index (χ3n) is 5.79. The van der Waals surface area contributed by atoms with Crippen molar-refractivity contribution in [3.8, 4) is 11.3 Å². The lowest BCUT2D eigenvalue weighted by atomic mass is 9.97. The number of carbonyl (C=O) groups is 1. The van der Waals surface area contributed by atoms with Crippen LogP contribution in [0.5, 0.6) is 0 Å². The zero-order valence-electron chi connectivity index (χ0n) is 17.9. The molecule has 2 fully saturated rings. The summed E-state index contributed by atoms with van der Waals surface area (Å²) in [5.74, 6) is 3.16. The molecule has 2 aliphatic heterocycles. The van der Waals surface area contributed by atoms with Crippen LogP contribution in [0.25, 0.3) is 17.4 Å². The quantitative estimate of drug-likeness (QED) is 0.465. The summed E-state index contributed by atoms with van der Waals surface area (Å²) >= 11 is 2.66. The van der Waals surface area contributed by atoms with Gasteiger partial charge in [-0.2, -0.15) is 11.3 Å². The number of rotatable bonds is 7. The molecular weight excluding hydrogens is 458 g/mol. The number of aliphatic hydroxyl groups is 1. The maximum Gasteiger partial charge on any atom is 0.285 e. The molecule has 0 spiro atoms. The molecule has 2 saturated heterocycles. The summed E-state index contributed by atoms with van der Waals surface area (Å²) in [6.07, 6.45) is 4.61. The number of aliphatic hydroxyl groups excluding tert-OH is 1. The smallest absolute Gasteiger partial charge is 0.285 e. The van der Waals surface area contributed by atoms with Gasteiger partial charge in [0.05, 0.1) is 12.2 Å². The Hall–Kier alpha value is -2.66. The average Bonchev–Trinajstić information content (AvgIpc) is 3.57. The van der Waals surface area contributed by atoms with Gasteiger partial charge in [-0.3, -0.25) is 4.79 Å². The number of thiophene rings is 1. The molecule has 1 unspecified atom stereocenters. The predicted molar refractivity (Wildman–Crippen MR) is 131 cm³/mol. The molecule has 8 nitrogen and oxygen atoms in total. The minimum absolute atomic E-state index is 0.256. The van der Waals surface area contributed by atoms with Crippen LogP contribution in [0, 0.1) is 5.92 Å². The fourth-order valence-corrected chi connectivity index (χ4v) is 5.37. The van der Waals surface area contributed by atoms with Crippen molar-refractivity contribution < 1.29 is 14.3 Å². The van der Waals surface area contributed by atoms with Crippen LogP contribution in [0.4, 0.5) is 10.7 Å². The van der Waals surface area contributed by atoms with E-state index in [2.05, 4.69) is 42.3 Å². The summed E-state index contributed by atoms with van der Waals surface area (Å²) in [5.41, 5.74) is 1.81. The third kappa shape index (κ3) is 5.47. The van der Waals surface area contributed by atoms with E-state index in [0.717, 1.165) is 67.9 Å². The lowest BCUT2D eigenvalue weighted by molar-refractivity contribution is 0.192. The highest BCUT2D eigenvalue weighted by Crippen LogP contribution is 2.28. The second-order valence-electron chi connectivity index (χ2n) is 8.10. The highest BCUT2D eigenvalue weighted by atomic mass is 32.2. The van der Waals surface area contributed by atoms with Crippen LogP contribution in [0.2, 0.25) is 0 Å². The Balaban J connectivity index is 1.10. The summed E-state index contributed by atoms with van der Waals surface area (Å²) < 4.78 is 5.94. The van der Waals surface area contributed by atoms with E-state index in [4.69, 9.17) is 4.42 Å². The topological polar surface area (TPSA) is 104 Å². The van der Waals surface area contributed by atoms with Gasteiger partial charge < -0.3 is 25.1 Å². The van der Waals surface area contributed by atoms with Gasteiger partial charge in [-0.1, -0.05) is 0 Å². The number of furan rings is 1. The van der Waals surface area contributed by atoms with Crippen LogP contribution in [-0.2, 0) is 6.54 Å². The normalized spacial score (nSPS) is 20.5. The Bertz CT molecular complexity index is 1120. The Morgan fingerprint density at radius 2 is 2.15 bits per heavy atom. The minimum Gasteiger partial charge on any atom is -0.460 e. The van der Waals surface area contributed by atoms with Gasteiger partial charge in [-0.25, -0.2) is 9.97 Å².